The van der Waals surface area contributed by atoms with Crippen LogP contribution in [0, 0.1) is 6.92 Å². The molecule has 144 valence electrons. The fourth-order valence-corrected chi connectivity index (χ4v) is 5.68. The number of amides is 2. The Morgan fingerprint density at radius 3 is 2.96 bits per heavy atom. The Morgan fingerprint density at radius 2 is 2.22 bits per heavy atom. The maximum absolute atomic E-state index is 12.5. The summed E-state index contributed by atoms with van der Waals surface area (Å²) in [4.78, 5) is 32.2. The number of fused-ring (bicyclic) bond motifs is 1. The summed E-state index contributed by atoms with van der Waals surface area (Å²) in [5.74, 6) is 1.02. The molecule has 27 heavy (non-hydrogen) atoms. The van der Waals surface area contributed by atoms with Crippen molar-refractivity contribution in [2.75, 3.05) is 17.6 Å². The highest BCUT2D eigenvalue weighted by molar-refractivity contribution is 8.00. The molecule has 4 rings (SSSR count). The van der Waals surface area contributed by atoms with Crippen LogP contribution in [0.5, 0.6) is 0 Å². The van der Waals surface area contributed by atoms with Gasteiger partial charge >= 0.3 is 0 Å². The topological polar surface area (TPSA) is 88.3 Å². The van der Waals surface area contributed by atoms with Crippen LogP contribution in [-0.4, -0.2) is 44.4 Å². The standard InChI is InChI=1S/C18H22N4O3S2/c1-11-8-14(21-25-11)17(24)20-18-19-13-6-7-22(9-15(13)27-18)16(23)10-26-12-4-2-3-5-12/h8,12H,2-7,9-10H2,1H3,(H,19,20,24). The van der Waals surface area contributed by atoms with Gasteiger partial charge in [0.05, 0.1) is 18.0 Å². The molecule has 0 saturated heterocycles. The minimum Gasteiger partial charge on any atom is -0.361 e. The van der Waals surface area contributed by atoms with Crippen LogP contribution in [0.3, 0.4) is 0 Å². The molecule has 0 aromatic carbocycles. The largest absolute Gasteiger partial charge is 0.361 e. The molecule has 2 aliphatic rings. The molecule has 3 heterocycles. The lowest BCUT2D eigenvalue weighted by Gasteiger charge is -2.26. The SMILES string of the molecule is Cc1cc(C(=O)Nc2nc3c(s2)CN(C(=O)CSC2CCCC2)CC3)no1. The molecule has 0 radical (unpaired) electrons. The number of carbonyl (C=O) groups is 2. The van der Waals surface area contributed by atoms with Gasteiger partial charge in [0.1, 0.15) is 5.76 Å². The number of hydrogen-bond donors (Lipinski definition) is 1. The number of nitrogens with zero attached hydrogens (tertiary/aromatic N) is 3. The molecule has 2 amide bonds. The van der Waals surface area contributed by atoms with E-state index in [1.165, 1.54) is 37.0 Å². The molecule has 1 N–H and O–H groups in total. The number of hydrogen-bond acceptors (Lipinski definition) is 7. The fraction of sp³-hybridized carbons (Fsp3) is 0.556. The summed E-state index contributed by atoms with van der Waals surface area (Å²) in [7, 11) is 0. The molecule has 2 aromatic heterocycles. The second-order valence-electron chi connectivity index (χ2n) is 6.95. The van der Waals surface area contributed by atoms with Gasteiger partial charge in [-0.2, -0.15) is 0 Å². The van der Waals surface area contributed by atoms with Crippen LogP contribution in [0.1, 0.15) is 52.5 Å². The molecule has 9 heteroatoms. The van der Waals surface area contributed by atoms with E-state index in [0.717, 1.165) is 17.0 Å². The van der Waals surface area contributed by atoms with Gasteiger partial charge in [0, 0.05) is 29.2 Å². The highest BCUT2D eigenvalue weighted by Crippen LogP contribution is 2.31. The molecule has 0 unspecified atom stereocenters. The maximum atomic E-state index is 12.5. The first-order valence-electron chi connectivity index (χ1n) is 9.21. The van der Waals surface area contributed by atoms with Crippen molar-refractivity contribution in [3.8, 4) is 0 Å². The number of nitrogens with one attached hydrogen (secondary N) is 1. The van der Waals surface area contributed by atoms with E-state index in [1.807, 2.05) is 4.90 Å². The predicted octanol–water partition coefficient (Wildman–Crippen LogP) is 3.25. The minimum atomic E-state index is -0.334. The Bertz CT molecular complexity index is 842. The zero-order valence-corrected chi connectivity index (χ0v) is 16.8. The highest BCUT2D eigenvalue weighted by atomic mass is 32.2. The molecular formula is C18H22N4O3S2. The van der Waals surface area contributed by atoms with Crippen LogP contribution in [0.4, 0.5) is 5.13 Å². The number of thiazole rings is 1. The van der Waals surface area contributed by atoms with Gasteiger partial charge in [-0.3, -0.25) is 14.9 Å². The Labute approximate surface area is 165 Å². The Hall–Kier alpha value is -1.87. The van der Waals surface area contributed by atoms with E-state index >= 15 is 0 Å². The third-order valence-electron chi connectivity index (χ3n) is 4.91. The second-order valence-corrected chi connectivity index (χ2v) is 9.32. The summed E-state index contributed by atoms with van der Waals surface area (Å²) in [6, 6.07) is 1.59. The summed E-state index contributed by atoms with van der Waals surface area (Å²) < 4.78 is 4.93. The second kappa shape index (κ2) is 8.02. The van der Waals surface area contributed by atoms with Crippen LogP contribution in [0.2, 0.25) is 0 Å². The van der Waals surface area contributed by atoms with Gasteiger partial charge in [-0.25, -0.2) is 4.98 Å². The van der Waals surface area contributed by atoms with Gasteiger partial charge in [0.2, 0.25) is 5.91 Å². The van der Waals surface area contributed by atoms with Gasteiger partial charge in [-0.05, 0) is 19.8 Å². The molecule has 0 atom stereocenters. The molecule has 1 fully saturated rings. The lowest BCUT2D eigenvalue weighted by molar-refractivity contribution is -0.129. The average molecular weight is 407 g/mol. The van der Waals surface area contributed by atoms with Gasteiger partial charge in [-0.15, -0.1) is 11.8 Å². The van der Waals surface area contributed by atoms with Crippen LogP contribution < -0.4 is 5.32 Å². The van der Waals surface area contributed by atoms with E-state index < -0.39 is 0 Å². The van der Waals surface area contributed by atoms with Gasteiger partial charge in [-0.1, -0.05) is 29.3 Å². The zero-order valence-electron chi connectivity index (χ0n) is 15.2. The number of aryl methyl sites for hydroxylation is 1. The number of rotatable bonds is 5. The zero-order chi connectivity index (χ0) is 18.8. The Morgan fingerprint density at radius 1 is 1.41 bits per heavy atom. The van der Waals surface area contributed by atoms with E-state index in [-0.39, 0.29) is 17.5 Å². The molecule has 1 saturated carbocycles. The van der Waals surface area contributed by atoms with Crippen molar-refractivity contribution >= 4 is 40.0 Å². The minimum absolute atomic E-state index is 0.203. The van der Waals surface area contributed by atoms with Crippen LogP contribution in [-0.2, 0) is 17.8 Å². The van der Waals surface area contributed by atoms with E-state index in [1.54, 1.807) is 24.8 Å². The van der Waals surface area contributed by atoms with Crippen molar-refractivity contribution in [1.29, 1.82) is 0 Å². The van der Waals surface area contributed by atoms with E-state index in [4.69, 9.17) is 4.52 Å². The summed E-state index contributed by atoms with van der Waals surface area (Å²) in [6.45, 7) is 3.01. The molecule has 0 bridgehead atoms. The van der Waals surface area contributed by atoms with Gasteiger partial charge < -0.3 is 9.42 Å². The molecule has 0 spiro atoms. The summed E-state index contributed by atoms with van der Waals surface area (Å²) >= 11 is 3.23. The molecule has 1 aliphatic heterocycles. The van der Waals surface area contributed by atoms with Crippen molar-refractivity contribution in [2.45, 2.75) is 50.8 Å². The predicted molar refractivity (Wildman–Crippen MR) is 105 cm³/mol. The Balaban J connectivity index is 1.34. The Kier molecular flexibility index (Phi) is 5.49. The smallest absolute Gasteiger partial charge is 0.279 e. The van der Waals surface area contributed by atoms with Crippen molar-refractivity contribution in [3.05, 3.63) is 28.1 Å². The first-order chi connectivity index (χ1) is 13.1. The number of anilines is 1. The van der Waals surface area contributed by atoms with Crippen molar-refractivity contribution < 1.29 is 14.1 Å². The van der Waals surface area contributed by atoms with Crippen molar-refractivity contribution in [2.24, 2.45) is 0 Å². The number of carbonyl (C=O) groups excluding carboxylic acids is 2. The maximum Gasteiger partial charge on any atom is 0.279 e. The molecular weight excluding hydrogens is 384 g/mol. The average Bonchev–Trinajstić information content (AvgIpc) is 3.39. The van der Waals surface area contributed by atoms with Crippen molar-refractivity contribution in [1.82, 2.24) is 15.0 Å². The first kappa shape index (κ1) is 18.5. The number of thioether (sulfide) groups is 1. The lowest BCUT2D eigenvalue weighted by Crippen LogP contribution is -2.36. The summed E-state index contributed by atoms with van der Waals surface area (Å²) in [6.07, 6.45) is 5.80. The lowest BCUT2D eigenvalue weighted by atomic mass is 10.2. The highest BCUT2D eigenvalue weighted by Gasteiger charge is 2.26. The summed E-state index contributed by atoms with van der Waals surface area (Å²) in [5.41, 5.74) is 1.21. The van der Waals surface area contributed by atoms with E-state index in [2.05, 4.69) is 15.5 Å². The van der Waals surface area contributed by atoms with Crippen LogP contribution >= 0.6 is 23.1 Å². The summed E-state index contributed by atoms with van der Waals surface area (Å²) in [5, 5.41) is 7.68. The fourth-order valence-electron chi connectivity index (χ4n) is 3.43. The van der Waals surface area contributed by atoms with Gasteiger partial charge in [0.25, 0.3) is 5.91 Å². The van der Waals surface area contributed by atoms with Gasteiger partial charge in [0.15, 0.2) is 10.8 Å². The monoisotopic (exact) mass is 406 g/mol. The van der Waals surface area contributed by atoms with E-state index in [9.17, 15) is 9.59 Å². The molecule has 2 aromatic rings. The third-order valence-corrected chi connectivity index (χ3v) is 7.26. The number of aromatic nitrogens is 2. The van der Waals surface area contributed by atoms with Crippen LogP contribution in [0.25, 0.3) is 0 Å². The normalized spacial score (nSPS) is 17.1. The molecule has 1 aliphatic carbocycles. The molecule has 7 nitrogen and oxygen atoms in total. The van der Waals surface area contributed by atoms with Crippen LogP contribution in [0.15, 0.2) is 10.6 Å². The quantitative estimate of drug-likeness (QED) is 0.820. The third kappa shape index (κ3) is 4.35. The first-order valence-corrected chi connectivity index (χ1v) is 11.1. The van der Waals surface area contributed by atoms with E-state index in [0.29, 0.717) is 35.0 Å². The van der Waals surface area contributed by atoms with Crippen molar-refractivity contribution in [3.63, 3.8) is 0 Å².